The normalized spacial score (nSPS) is 10.1. The van der Waals surface area contributed by atoms with E-state index in [4.69, 9.17) is 34.7 Å². The average Bonchev–Trinajstić information content (AvgIpc) is 3.70. The van der Waals surface area contributed by atoms with Crippen molar-refractivity contribution < 1.29 is 14.0 Å². The van der Waals surface area contributed by atoms with E-state index in [2.05, 4.69) is 48.6 Å². The van der Waals surface area contributed by atoms with Gasteiger partial charge in [-0.2, -0.15) is 0 Å². The van der Waals surface area contributed by atoms with Crippen molar-refractivity contribution in [1.82, 2.24) is 34.1 Å². The van der Waals surface area contributed by atoms with Crippen LogP contribution >= 0.6 is 23.2 Å². The van der Waals surface area contributed by atoms with E-state index in [9.17, 15) is 14.0 Å². The van der Waals surface area contributed by atoms with Gasteiger partial charge in [0.15, 0.2) is 0 Å². The third-order valence-corrected chi connectivity index (χ3v) is 6.67. The van der Waals surface area contributed by atoms with Gasteiger partial charge in [0, 0.05) is 47.3 Å². The van der Waals surface area contributed by atoms with Crippen molar-refractivity contribution in [2.45, 2.75) is 6.92 Å². The first-order valence-corrected chi connectivity index (χ1v) is 14.6. The quantitative estimate of drug-likeness (QED) is 0.202. The second-order valence-electron chi connectivity index (χ2n) is 9.74. The van der Waals surface area contributed by atoms with Gasteiger partial charge >= 0.3 is 0 Å². The fraction of sp³-hybridized carbons (Fsp3) is 0.0294. The van der Waals surface area contributed by atoms with Crippen LogP contribution in [0.1, 0.15) is 49.4 Å². The highest BCUT2D eigenvalue weighted by atomic mass is 35.5. The minimum atomic E-state index is -0.709. The molecule has 48 heavy (non-hydrogen) atoms. The molecule has 0 radical (unpaired) electrons. The molecule has 0 aliphatic heterocycles. The molecule has 14 heteroatoms. The molecular weight excluding hydrogens is 656 g/mol. The molecule has 0 spiro atoms. The molecule has 0 aliphatic rings. The first-order valence-electron chi connectivity index (χ1n) is 13.8. The van der Waals surface area contributed by atoms with E-state index >= 15 is 0 Å². The Morgan fingerprint density at radius 3 is 1.60 bits per heavy atom. The largest absolute Gasteiger partial charge is 0.363 e. The number of pyridine rings is 3. The van der Waals surface area contributed by atoms with E-state index in [0.717, 1.165) is 5.69 Å². The Hall–Kier alpha value is -6.34. The Morgan fingerprint density at radius 2 is 1.17 bits per heavy atom. The molecule has 0 unspecified atom stereocenters. The highest BCUT2D eigenvalue weighted by molar-refractivity contribution is 6.29. The number of halogens is 3. The number of aromatic nitrogens is 7. The summed E-state index contributed by atoms with van der Waals surface area (Å²) < 4.78 is 16.1. The average molecular weight is 679 g/mol. The second kappa shape index (κ2) is 14.8. The molecule has 5 aromatic heterocycles. The summed E-state index contributed by atoms with van der Waals surface area (Å²) in [5.74, 6) is 9.90. The molecule has 2 amide bonds. The molecule has 11 nitrogen and oxygen atoms in total. The van der Waals surface area contributed by atoms with Crippen LogP contribution in [-0.2, 0) is 0 Å². The Morgan fingerprint density at radius 1 is 0.688 bits per heavy atom. The van der Waals surface area contributed by atoms with Crippen LogP contribution in [-0.4, -0.2) is 45.9 Å². The lowest BCUT2D eigenvalue weighted by molar-refractivity contribution is 0.0980. The summed E-state index contributed by atoms with van der Waals surface area (Å²) in [4.78, 5) is 43.5. The van der Waals surface area contributed by atoms with Crippen molar-refractivity contribution in [2.24, 2.45) is 11.5 Å². The van der Waals surface area contributed by atoms with Crippen molar-refractivity contribution in [3.63, 3.8) is 0 Å². The highest BCUT2D eigenvalue weighted by Gasteiger charge is 2.15. The summed E-state index contributed by atoms with van der Waals surface area (Å²) >= 11 is 11.6. The van der Waals surface area contributed by atoms with Gasteiger partial charge in [-0.05, 0) is 79.4 Å². The second-order valence-corrected chi connectivity index (χ2v) is 10.5. The molecule has 4 N–H and O–H groups in total. The summed E-state index contributed by atoms with van der Waals surface area (Å²) in [5, 5.41) is 0.687. The Kier molecular flexibility index (Phi) is 10.2. The first-order chi connectivity index (χ1) is 23.0. The minimum absolute atomic E-state index is 0.0127. The van der Waals surface area contributed by atoms with Crippen LogP contribution in [0.3, 0.4) is 0 Å². The maximum atomic E-state index is 13.1. The number of hydrogen-bond acceptors (Lipinski definition) is 7. The van der Waals surface area contributed by atoms with Gasteiger partial charge in [0.25, 0.3) is 11.8 Å². The number of primary amides is 2. The number of imidazole rings is 2. The van der Waals surface area contributed by atoms with Crippen molar-refractivity contribution >= 4 is 35.0 Å². The maximum absolute atomic E-state index is 13.1. The molecule has 0 fully saturated rings. The van der Waals surface area contributed by atoms with Crippen LogP contribution in [0.5, 0.6) is 0 Å². The first kappa shape index (κ1) is 33.0. The minimum Gasteiger partial charge on any atom is -0.363 e. The van der Waals surface area contributed by atoms with Crippen LogP contribution in [0.4, 0.5) is 4.39 Å². The smallest absolute Gasteiger partial charge is 0.285 e. The van der Waals surface area contributed by atoms with Gasteiger partial charge in [-0.3, -0.25) is 23.7 Å². The molecule has 6 rings (SSSR count). The molecule has 6 aromatic rings. The zero-order valence-electron chi connectivity index (χ0n) is 24.9. The molecule has 0 saturated heterocycles. The van der Waals surface area contributed by atoms with Crippen LogP contribution in [0.2, 0.25) is 10.3 Å². The summed E-state index contributed by atoms with van der Waals surface area (Å²) in [6, 6.07) is 16.0. The number of hydrogen-bond donors (Lipinski definition) is 2. The molecule has 0 saturated carbocycles. The molecular formula is C34H22Cl2FN9O2. The van der Waals surface area contributed by atoms with Gasteiger partial charge in [-0.1, -0.05) is 35.0 Å². The van der Waals surface area contributed by atoms with E-state index < -0.39 is 11.8 Å². The summed E-state index contributed by atoms with van der Waals surface area (Å²) in [7, 11) is 0. The monoisotopic (exact) mass is 677 g/mol. The number of carbonyl (C=O) groups excluding carboxylic acids is 2. The number of aryl methyl sites for hydroxylation is 1. The Bertz CT molecular complexity index is 2100. The number of benzene rings is 1. The molecule has 1 aromatic carbocycles. The van der Waals surface area contributed by atoms with E-state index in [1.165, 1.54) is 35.0 Å². The molecule has 5 heterocycles. The van der Waals surface area contributed by atoms with E-state index in [-0.39, 0.29) is 17.5 Å². The predicted octanol–water partition coefficient (Wildman–Crippen LogP) is 4.68. The Balaban J connectivity index is 0.000000188. The van der Waals surface area contributed by atoms with Gasteiger partial charge in [-0.25, -0.2) is 24.3 Å². The fourth-order valence-electron chi connectivity index (χ4n) is 4.06. The lowest BCUT2D eigenvalue weighted by Gasteiger charge is -2.04. The van der Waals surface area contributed by atoms with Gasteiger partial charge < -0.3 is 11.5 Å². The predicted molar refractivity (Wildman–Crippen MR) is 177 cm³/mol. The van der Waals surface area contributed by atoms with Gasteiger partial charge in [-0.15, -0.1) is 0 Å². The van der Waals surface area contributed by atoms with Gasteiger partial charge in [0.1, 0.15) is 27.5 Å². The summed E-state index contributed by atoms with van der Waals surface area (Å²) in [6.45, 7) is 1.88. The van der Waals surface area contributed by atoms with Crippen molar-refractivity contribution in [2.75, 3.05) is 0 Å². The van der Waals surface area contributed by atoms with Crippen molar-refractivity contribution in [3.8, 4) is 35.1 Å². The fourth-order valence-corrected chi connectivity index (χ4v) is 4.41. The lowest BCUT2D eigenvalue weighted by atomic mass is 10.2. The maximum Gasteiger partial charge on any atom is 0.285 e. The molecule has 0 bridgehead atoms. The number of carbonyl (C=O) groups is 2. The molecule has 0 atom stereocenters. The number of nitrogens with two attached hydrogens (primary N) is 2. The standard InChI is InChI=1S/C17H10ClFN4O.C17H12ClN5O/c18-15-9-11(7-8-21-15)1-4-13-10-23(17(22-13)16(20)24)14-5-2-12(19)3-6-14;1-11-2-5-14(9-21-11)23-10-13(22-17(23)16(19)24)4-3-12-6-7-20-15(18)8-12/h2-3,5-10H,(H2,20,24);2,5-10H,1H3,(H2,19,24). The highest BCUT2D eigenvalue weighted by Crippen LogP contribution is 2.15. The van der Waals surface area contributed by atoms with Crippen LogP contribution < -0.4 is 11.5 Å². The molecule has 0 aliphatic carbocycles. The zero-order valence-corrected chi connectivity index (χ0v) is 26.4. The topological polar surface area (TPSA) is 160 Å². The molecule has 236 valence electrons. The summed E-state index contributed by atoms with van der Waals surface area (Å²) in [5.41, 5.74) is 15.0. The SMILES string of the molecule is Cc1ccc(-n2cc(C#Cc3ccnc(Cl)c3)nc2C(N)=O)cn1.NC(=O)c1nc(C#Cc2ccnc(Cl)c2)cn1-c1ccc(F)cc1. The number of amides is 2. The third-order valence-electron chi connectivity index (χ3n) is 6.25. The number of nitrogens with zero attached hydrogens (tertiary/aromatic N) is 7. The van der Waals surface area contributed by atoms with Crippen molar-refractivity contribution in [1.29, 1.82) is 0 Å². The van der Waals surface area contributed by atoms with Crippen LogP contribution in [0.25, 0.3) is 11.4 Å². The Labute approximate surface area is 283 Å². The van der Waals surface area contributed by atoms with E-state index in [1.54, 1.807) is 53.6 Å². The summed E-state index contributed by atoms with van der Waals surface area (Å²) in [6.07, 6.45) is 7.95. The lowest BCUT2D eigenvalue weighted by Crippen LogP contribution is -2.17. The van der Waals surface area contributed by atoms with E-state index in [0.29, 0.717) is 44.2 Å². The van der Waals surface area contributed by atoms with Crippen LogP contribution in [0.15, 0.2) is 91.6 Å². The van der Waals surface area contributed by atoms with Gasteiger partial charge in [0.05, 0.1) is 11.9 Å². The van der Waals surface area contributed by atoms with Crippen molar-refractivity contribution in [3.05, 3.63) is 148 Å². The van der Waals surface area contributed by atoms with E-state index in [1.807, 2.05) is 19.1 Å². The van der Waals surface area contributed by atoms with Crippen LogP contribution in [0, 0.1) is 36.4 Å². The zero-order chi connectivity index (χ0) is 34.2. The third kappa shape index (κ3) is 8.47. The number of rotatable bonds is 4. The van der Waals surface area contributed by atoms with Gasteiger partial charge in [0.2, 0.25) is 11.6 Å².